The molecule has 0 heterocycles. The number of carbonyl (C=O) groups excluding carboxylic acids is 1. The van der Waals surface area contributed by atoms with Crippen LogP contribution in [0.3, 0.4) is 0 Å². The van der Waals surface area contributed by atoms with Crippen molar-refractivity contribution in [3.8, 4) is 0 Å². The Balaban J connectivity index is 4.13. The van der Waals surface area contributed by atoms with Gasteiger partial charge in [-0.15, -0.1) is 0 Å². The first-order valence-corrected chi connectivity index (χ1v) is 10.9. The van der Waals surface area contributed by atoms with Gasteiger partial charge in [-0.3, -0.25) is 0 Å². The molecular weight excluding hydrogens is 356 g/mol. The Morgan fingerprint density at radius 3 is 2.14 bits per heavy atom. The normalized spacial score (nSPS) is 16.6. The van der Waals surface area contributed by atoms with Gasteiger partial charge in [0.15, 0.2) is 0 Å². The van der Waals surface area contributed by atoms with Crippen LogP contribution in [0, 0.1) is 11.8 Å². The highest BCUT2D eigenvalue weighted by Gasteiger charge is 2.40. The predicted octanol–water partition coefficient (Wildman–Crippen LogP) is 3.43. The van der Waals surface area contributed by atoms with E-state index in [-0.39, 0.29) is 25.0 Å². The summed E-state index contributed by atoms with van der Waals surface area (Å²) in [5.74, 6) is 1.97. The maximum absolute atomic E-state index is 11.5. The minimum Gasteiger partial charge on any atom is -0.480 e. The third kappa shape index (κ3) is 10.4. The molecule has 164 valence electrons. The summed E-state index contributed by atoms with van der Waals surface area (Å²) in [6.07, 6.45) is 9.05. The van der Waals surface area contributed by atoms with Crippen molar-refractivity contribution in [2.75, 3.05) is 6.54 Å². The molecule has 0 aliphatic heterocycles. The van der Waals surface area contributed by atoms with Crippen molar-refractivity contribution in [3.63, 3.8) is 0 Å². The van der Waals surface area contributed by atoms with Crippen LogP contribution < -0.4 is 11.5 Å². The van der Waals surface area contributed by atoms with Gasteiger partial charge in [0.1, 0.15) is 11.5 Å². The second-order valence-corrected chi connectivity index (χ2v) is 8.47. The zero-order valence-corrected chi connectivity index (χ0v) is 18.1. The fourth-order valence-electron chi connectivity index (χ4n) is 3.63. The van der Waals surface area contributed by atoms with Crippen molar-refractivity contribution in [1.29, 1.82) is 0 Å². The minimum absolute atomic E-state index is 0.00590. The highest BCUT2D eigenvalue weighted by molar-refractivity contribution is 5.86. The van der Waals surface area contributed by atoms with E-state index in [1.165, 1.54) is 32.1 Å². The average Bonchev–Trinajstić information content (AvgIpc) is 2.66. The molecule has 0 aliphatic carbocycles. The van der Waals surface area contributed by atoms with Gasteiger partial charge in [0.25, 0.3) is 0 Å². The van der Waals surface area contributed by atoms with Crippen LogP contribution >= 0.6 is 0 Å². The largest absolute Gasteiger partial charge is 0.480 e. The van der Waals surface area contributed by atoms with Crippen LogP contribution in [0.15, 0.2) is 5.57 Å². The molecule has 0 saturated heterocycles. The van der Waals surface area contributed by atoms with Gasteiger partial charge in [-0.25, -0.2) is 9.59 Å². The summed E-state index contributed by atoms with van der Waals surface area (Å²) < 4.78 is 0. The van der Waals surface area contributed by atoms with Gasteiger partial charge >= 0.3 is 5.97 Å². The van der Waals surface area contributed by atoms with Gasteiger partial charge in [-0.05, 0) is 31.1 Å². The van der Waals surface area contributed by atoms with Gasteiger partial charge in [0, 0.05) is 18.5 Å². The van der Waals surface area contributed by atoms with E-state index in [1.54, 1.807) is 5.94 Å². The van der Waals surface area contributed by atoms with E-state index in [0.717, 1.165) is 31.1 Å². The molecule has 0 spiro atoms. The third-order valence-corrected chi connectivity index (χ3v) is 5.75. The topological polar surface area (TPSA) is 127 Å². The molecule has 0 aromatic rings. The number of hydrogen-bond donors (Lipinski definition) is 4. The lowest BCUT2D eigenvalue weighted by molar-refractivity contribution is -0.143. The molecule has 0 amide bonds. The van der Waals surface area contributed by atoms with E-state index in [4.69, 9.17) is 11.5 Å². The quantitative estimate of drug-likeness (QED) is 0.220. The van der Waals surface area contributed by atoms with Crippen molar-refractivity contribution in [1.82, 2.24) is 0 Å². The molecule has 6 N–H and O–H groups in total. The maximum atomic E-state index is 11.5. The standard InChI is InChI=1S/C22H42N2O4/c1-4-17(2)13-18(3)11-9-7-5-6-8-10-12-19(16-25)22(24,21(27)28)14-20(26)15-23/h17-18,20,26H,4-15,23-24H2,1-3H3,(H,27,28)/t17?,18?,20?,22-/m1/s1. The number of nitrogens with two attached hydrogens (primary N) is 2. The van der Waals surface area contributed by atoms with Crippen molar-refractivity contribution in [2.24, 2.45) is 23.3 Å². The number of carboxylic acid groups (broad SMARTS) is 1. The van der Waals surface area contributed by atoms with E-state index < -0.39 is 17.6 Å². The number of aliphatic hydroxyl groups is 1. The monoisotopic (exact) mass is 398 g/mol. The Hall–Kier alpha value is -1.20. The first-order valence-electron chi connectivity index (χ1n) is 10.9. The van der Waals surface area contributed by atoms with Crippen molar-refractivity contribution in [2.45, 2.75) is 103 Å². The second-order valence-electron chi connectivity index (χ2n) is 8.47. The van der Waals surface area contributed by atoms with Crippen LogP contribution in [0.1, 0.15) is 91.4 Å². The Labute approximate surface area is 170 Å². The Morgan fingerprint density at radius 2 is 1.64 bits per heavy atom. The highest BCUT2D eigenvalue weighted by Crippen LogP contribution is 2.24. The molecule has 0 rings (SSSR count). The fourth-order valence-corrected chi connectivity index (χ4v) is 3.63. The summed E-state index contributed by atoms with van der Waals surface area (Å²) in [6, 6.07) is 0. The number of aliphatic hydroxyl groups excluding tert-OH is 1. The number of hydrogen-bond acceptors (Lipinski definition) is 5. The molecule has 4 atom stereocenters. The molecule has 6 heteroatoms. The lowest BCUT2D eigenvalue weighted by Crippen LogP contribution is -2.53. The minimum atomic E-state index is -1.90. The maximum Gasteiger partial charge on any atom is 0.328 e. The first kappa shape index (κ1) is 26.8. The van der Waals surface area contributed by atoms with Crippen LogP contribution in [0.4, 0.5) is 0 Å². The molecule has 0 aromatic carbocycles. The molecule has 0 bridgehead atoms. The average molecular weight is 399 g/mol. The Morgan fingerprint density at radius 1 is 1.07 bits per heavy atom. The summed E-state index contributed by atoms with van der Waals surface area (Å²) in [7, 11) is 0. The lowest BCUT2D eigenvalue weighted by atomic mass is 9.83. The second kappa shape index (κ2) is 14.7. The van der Waals surface area contributed by atoms with Crippen molar-refractivity contribution < 1.29 is 19.8 Å². The van der Waals surface area contributed by atoms with Gasteiger partial charge in [0.05, 0.1) is 6.10 Å². The molecule has 0 fully saturated rings. The van der Waals surface area contributed by atoms with E-state index in [2.05, 4.69) is 20.8 Å². The Kier molecular flexibility index (Phi) is 14.1. The summed E-state index contributed by atoms with van der Waals surface area (Å²) in [5.41, 5.74) is 9.36. The van der Waals surface area contributed by atoms with Crippen LogP contribution in [0.25, 0.3) is 0 Å². The number of rotatable bonds is 17. The first-order chi connectivity index (χ1) is 13.2. The summed E-state index contributed by atoms with van der Waals surface area (Å²) in [5, 5.41) is 19.1. The number of aliphatic carboxylic acids is 1. The molecule has 3 unspecified atom stereocenters. The zero-order valence-electron chi connectivity index (χ0n) is 18.1. The van der Waals surface area contributed by atoms with E-state index in [9.17, 15) is 19.8 Å². The van der Waals surface area contributed by atoms with Crippen molar-refractivity contribution in [3.05, 3.63) is 5.57 Å². The lowest BCUT2D eigenvalue weighted by Gasteiger charge is -2.27. The van der Waals surface area contributed by atoms with Crippen LogP contribution in [0.5, 0.6) is 0 Å². The van der Waals surface area contributed by atoms with E-state index >= 15 is 0 Å². The molecule has 0 saturated carbocycles. The number of carboxylic acids is 1. The molecule has 0 radical (unpaired) electrons. The summed E-state index contributed by atoms with van der Waals surface area (Å²) >= 11 is 0. The number of unbranched alkanes of at least 4 members (excludes halogenated alkanes) is 5. The van der Waals surface area contributed by atoms with E-state index in [0.29, 0.717) is 6.42 Å². The summed E-state index contributed by atoms with van der Waals surface area (Å²) in [6.45, 7) is 6.79. The SMILES string of the molecule is CCC(C)CC(C)CCCCCCCCC(=C=O)[C@](N)(CC(O)CN)C(=O)O. The Bertz CT molecular complexity index is 491. The molecule has 0 aliphatic rings. The van der Waals surface area contributed by atoms with E-state index in [1.807, 2.05) is 0 Å². The molecule has 0 aromatic heterocycles. The zero-order chi connectivity index (χ0) is 21.6. The predicted molar refractivity (Wildman–Crippen MR) is 114 cm³/mol. The summed E-state index contributed by atoms with van der Waals surface area (Å²) in [4.78, 5) is 22.8. The van der Waals surface area contributed by atoms with Crippen LogP contribution in [-0.4, -0.2) is 40.3 Å². The molecular formula is C22H42N2O4. The third-order valence-electron chi connectivity index (χ3n) is 5.75. The van der Waals surface area contributed by atoms with Gasteiger partial charge in [-0.2, -0.15) is 0 Å². The van der Waals surface area contributed by atoms with Gasteiger partial charge in [-0.1, -0.05) is 65.7 Å². The van der Waals surface area contributed by atoms with Crippen LogP contribution in [-0.2, 0) is 9.59 Å². The van der Waals surface area contributed by atoms with Gasteiger partial charge in [0.2, 0.25) is 0 Å². The van der Waals surface area contributed by atoms with Crippen molar-refractivity contribution >= 4 is 11.9 Å². The number of carbonyl (C=O) groups is 1. The fraction of sp³-hybridized carbons (Fsp3) is 0.864. The molecule has 6 nitrogen and oxygen atoms in total. The molecule has 28 heavy (non-hydrogen) atoms. The smallest absolute Gasteiger partial charge is 0.328 e. The highest BCUT2D eigenvalue weighted by atomic mass is 16.4. The van der Waals surface area contributed by atoms with Gasteiger partial charge < -0.3 is 21.7 Å². The van der Waals surface area contributed by atoms with Crippen LogP contribution in [0.2, 0.25) is 0 Å².